The van der Waals surface area contributed by atoms with E-state index in [1.807, 2.05) is 13.0 Å². The second kappa shape index (κ2) is 8.20. The third-order valence-corrected chi connectivity index (χ3v) is 2.73. The maximum Gasteiger partial charge on any atom is 0.303 e. The van der Waals surface area contributed by atoms with Gasteiger partial charge in [0.25, 0.3) is 0 Å². The van der Waals surface area contributed by atoms with Gasteiger partial charge in [0.15, 0.2) is 6.52 Å². The zero-order chi connectivity index (χ0) is 14.3. The number of carbonyl (C=O) groups excluding carboxylic acids is 1. The molecule has 3 nitrogen and oxygen atoms in total. The van der Waals surface area contributed by atoms with Gasteiger partial charge in [-0.2, -0.15) is 0 Å². The van der Waals surface area contributed by atoms with E-state index in [-0.39, 0.29) is 23.4 Å². The Labute approximate surface area is 114 Å². The number of halogens is 1. The number of rotatable bonds is 2. The van der Waals surface area contributed by atoms with Gasteiger partial charge in [0.1, 0.15) is 6.10 Å². The predicted molar refractivity (Wildman–Crippen MR) is 74.6 cm³/mol. The Kier molecular flexibility index (Phi) is 6.42. The smallest absolute Gasteiger partial charge is 0.303 e. The summed E-state index contributed by atoms with van der Waals surface area (Å²) < 4.78 is 18.4. The van der Waals surface area contributed by atoms with E-state index in [9.17, 15) is 4.79 Å². The molecule has 1 aliphatic carbocycles. The maximum absolute atomic E-state index is 10.8. The topological polar surface area (TPSA) is 46.5 Å². The molecule has 92 valence electrons. The number of hydrogen-bond acceptors (Lipinski definition) is 4. The Morgan fingerprint density at radius 2 is 2.56 bits per heavy atom. The second-order valence-electron chi connectivity index (χ2n) is 3.53. The first kappa shape index (κ1) is 12.5. The highest BCUT2D eigenvalue weighted by Gasteiger charge is 2.31. The van der Waals surface area contributed by atoms with Crippen molar-refractivity contribution in [1.29, 1.82) is 2.77 Å². The van der Waals surface area contributed by atoms with E-state index in [0.717, 1.165) is 5.57 Å². The van der Waals surface area contributed by atoms with Crippen LogP contribution < -0.4 is 0 Å². The summed E-state index contributed by atoms with van der Waals surface area (Å²) in [5.74, 6) is -0.352. The quantitative estimate of drug-likeness (QED) is 0.268. The van der Waals surface area contributed by atoms with Crippen LogP contribution in [0.15, 0.2) is 11.6 Å². The molecule has 0 amide bonds. The van der Waals surface area contributed by atoms with Gasteiger partial charge in [-0.3, -0.25) is 4.79 Å². The summed E-state index contributed by atoms with van der Waals surface area (Å²) in [6.45, 7) is 4.79. The van der Waals surface area contributed by atoms with Crippen molar-refractivity contribution in [2.24, 2.45) is 0 Å². The lowest BCUT2D eigenvalue weighted by atomic mass is 9.95. The molecule has 1 rings (SSSR count). The monoisotopic (exact) mass is 311 g/mol. The first-order chi connectivity index (χ1) is 8.27. The molecule has 0 aliphatic heterocycles. The number of aliphatic hydroxyl groups excluding tert-OH is 1. The van der Waals surface area contributed by atoms with E-state index in [1.165, 1.54) is 6.92 Å². The van der Waals surface area contributed by atoms with Gasteiger partial charge in [0.2, 0.25) is 1.43 Å². The normalized spacial score (nSPS) is 30.1. The minimum absolute atomic E-state index is 0.0736. The number of thiol groups is 1. The van der Waals surface area contributed by atoms with Crippen LogP contribution in [0.4, 0.5) is 0 Å². The highest BCUT2D eigenvalue weighted by molar-refractivity contribution is 9.09. The molecule has 0 fully saturated rings. The van der Waals surface area contributed by atoms with Crippen LogP contribution in [0, 0.1) is 0 Å². The van der Waals surface area contributed by atoms with Gasteiger partial charge in [0.05, 0.1) is 10.9 Å². The van der Waals surface area contributed by atoms with Crippen molar-refractivity contribution in [2.45, 2.75) is 44.1 Å². The van der Waals surface area contributed by atoms with Gasteiger partial charge in [-0.25, -0.2) is 12.5 Å². The van der Waals surface area contributed by atoms with E-state index < -0.39 is 6.10 Å². The molecule has 0 saturated carbocycles. The summed E-state index contributed by atoms with van der Waals surface area (Å²) in [6, 6.07) is 0. The van der Waals surface area contributed by atoms with Crippen LogP contribution in [0.25, 0.3) is 0 Å². The van der Waals surface area contributed by atoms with Crippen molar-refractivity contribution in [1.82, 2.24) is 0 Å². The number of alkyl halides is 1. The largest absolute Gasteiger partial charge is 0.458 e. The lowest BCUT2D eigenvalue weighted by molar-refractivity contribution is -0.151. The Balaban J connectivity index is 0.000000631. The third-order valence-electron chi connectivity index (χ3n) is 1.95. The molecule has 0 aromatic carbocycles. The Morgan fingerprint density at radius 1 is 2.00 bits per heavy atom. The minimum Gasteiger partial charge on any atom is -0.458 e. The summed E-state index contributed by atoms with van der Waals surface area (Å²) >= 11 is 7.02. The van der Waals surface area contributed by atoms with Gasteiger partial charge in [-0.05, 0) is 14.7 Å². The Morgan fingerprint density at radius 3 is 3.00 bits per heavy atom. The summed E-state index contributed by atoms with van der Waals surface area (Å²) in [7, 11) is 0. The summed E-state index contributed by atoms with van der Waals surface area (Å²) in [4.78, 5) is 10.7. The van der Waals surface area contributed by atoms with Crippen molar-refractivity contribution < 1.29 is 14.6 Å². The number of hydrogen-bond donors (Lipinski definition) is 2. The summed E-state index contributed by atoms with van der Waals surface area (Å²) in [6.07, 6.45) is 1.81. The average Bonchev–Trinajstić information content (AvgIpc) is 2.20. The standard InChI is InChI=1S/C9H13BrO3.CH5BS/c1-5-3-7(10)9(8(12)4-5)13-6(2)11;1-2-3/h3,7-9,12H,4H2,1-2H3;2-3H,1H3/t7-,8+,9+;/m0./s1/i12T;2D. The fourth-order valence-electron chi connectivity index (χ4n) is 1.41. The highest BCUT2D eigenvalue weighted by atomic mass is 79.9. The van der Waals surface area contributed by atoms with Crippen LogP contribution in [0.5, 0.6) is 0 Å². The lowest BCUT2D eigenvalue weighted by Gasteiger charge is -2.29. The molecule has 3 atom stereocenters. The molecule has 0 heterocycles. The molecule has 0 bridgehead atoms. The fourth-order valence-corrected chi connectivity index (χ4v) is 2.31. The summed E-state index contributed by atoms with van der Waals surface area (Å²) in [5.41, 5.74) is 1.13. The fraction of sp³-hybridized carbons (Fsp3) is 0.700. The number of ether oxygens (including phenoxy) is 1. The molecule has 0 aromatic rings. The van der Waals surface area contributed by atoms with Crippen molar-refractivity contribution in [3.63, 3.8) is 0 Å². The SMILES string of the molecule is [2H]B(C)S.[3H]O[C@@H]1CC(C)=C[C@H](Br)[C@H]1OC(C)=O. The minimum atomic E-state index is -0.409. The van der Waals surface area contributed by atoms with E-state index >= 15 is 0 Å². The molecule has 0 unspecified atom stereocenters. The molecular formula is C10H18BBrO3S. The van der Waals surface area contributed by atoms with Crippen molar-refractivity contribution in [2.75, 3.05) is 0 Å². The number of carbonyl (C=O) groups is 1. The Hall–Kier alpha value is 0.0649. The molecule has 6 heteroatoms. The maximum atomic E-state index is 10.8. The van der Waals surface area contributed by atoms with Gasteiger partial charge >= 0.3 is 5.97 Å². The van der Waals surface area contributed by atoms with E-state index in [4.69, 9.17) is 7.50 Å². The van der Waals surface area contributed by atoms with Crippen LogP contribution >= 0.6 is 28.4 Å². The first-order valence-corrected chi connectivity index (χ1v) is 6.42. The van der Waals surface area contributed by atoms with Crippen molar-refractivity contribution >= 4 is 40.9 Å². The zero-order valence-corrected chi connectivity index (χ0v) is 12.1. The molecule has 1 N–H and O–H groups in total. The predicted octanol–water partition coefficient (Wildman–Crippen LogP) is 1.71. The molecule has 1 aliphatic rings. The molecule has 0 aromatic heterocycles. The third kappa shape index (κ3) is 5.96. The molecule has 0 spiro atoms. The van der Waals surface area contributed by atoms with Gasteiger partial charge in [0, 0.05) is 6.92 Å². The molecular weight excluding hydrogens is 291 g/mol. The van der Waals surface area contributed by atoms with Crippen LogP contribution in [0.3, 0.4) is 0 Å². The van der Waals surface area contributed by atoms with E-state index in [1.54, 1.807) is 6.82 Å². The van der Waals surface area contributed by atoms with Crippen molar-refractivity contribution in [3.05, 3.63) is 11.6 Å². The van der Waals surface area contributed by atoms with Gasteiger partial charge < -0.3 is 9.85 Å². The summed E-state index contributed by atoms with van der Waals surface area (Å²) in [5, 5.41) is 4.55. The van der Waals surface area contributed by atoms with Crippen LogP contribution in [0.1, 0.15) is 20.3 Å². The molecule has 0 radical (unpaired) electrons. The Bertz CT molecular complexity index is 302. The van der Waals surface area contributed by atoms with Gasteiger partial charge in [-0.15, -0.1) is 0 Å². The van der Waals surface area contributed by atoms with Crippen LogP contribution in [-0.4, -0.2) is 37.4 Å². The second-order valence-corrected chi connectivity index (χ2v) is 5.11. The van der Waals surface area contributed by atoms with Crippen LogP contribution in [-0.2, 0) is 9.53 Å². The molecule has 16 heavy (non-hydrogen) atoms. The van der Waals surface area contributed by atoms with Crippen LogP contribution in [0.2, 0.25) is 6.82 Å². The van der Waals surface area contributed by atoms with E-state index in [0.29, 0.717) is 6.42 Å². The van der Waals surface area contributed by atoms with Crippen molar-refractivity contribution in [3.8, 4) is 0 Å². The molecule has 0 saturated heterocycles. The van der Waals surface area contributed by atoms with Gasteiger partial charge in [-0.1, -0.05) is 34.4 Å². The van der Waals surface area contributed by atoms with E-state index in [2.05, 4.69) is 33.5 Å². The average molecular weight is 312 g/mol. The lowest BCUT2D eigenvalue weighted by Crippen LogP contribution is -2.40. The number of esters is 1. The number of aliphatic hydroxyl groups is 1. The zero-order valence-electron chi connectivity index (χ0n) is 11.6. The first-order valence-electron chi connectivity index (χ1n) is 5.97. The highest BCUT2D eigenvalue weighted by Crippen LogP contribution is 2.26.